The molecular weight excluding hydrogens is 192 g/mol. The molecule has 0 saturated carbocycles. The van der Waals surface area contributed by atoms with Crippen LogP contribution in [-0.4, -0.2) is 11.0 Å². The summed E-state index contributed by atoms with van der Waals surface area (Å²) in [6.45, 7) is 1.29. The Balaban J connectivity index is 2.82. The minimum atomic E-state index is -0.622. The van der Waals surface area contributed by atoms with E-state index in [0.29, 0.717) is 5.69 Å². The molecule has 0 spiro atoms. The van der Waals surface area contributed by atoms with Crippen LogP contribution in [0.1, 0.15) is 6.92 Å². The highest BCUT2D eigenvalue weighted by molar-refractivity contribution is 6.06. The molecule has 0 atom stereocenters. The number of nitrogens with zero attached hydrogens (tertiary/aromatic N) is 1. The molecule has 1 aromatic carbocycles. The van der Waals surface area contributed by atoms with Gasteiger partial charge in [0.1, 0.15) is 11.8 Å². The molecule has 1 radical (unpaired) electrons. The van der Waals surface area contributed by atoms with E-state index in [9.17, 15) is 4.79 Å². The second kappa shape index (κ2) is 4.82. The van der Waals surface area contributed by atoms with Crippen LogP contribution < -0.4 is 5.32 Å². The van der Waals surface area contributed by atoms with E-state index < -0.39 is 5.91 Å². The lowest BCUT2D eigenvalue weighted by Gasteiger charge is -2.03. The van der Waals surface area contributed by atoms with Gasteiger partial charge in [-0.15, -0.1) is 0 Å². The fourth-order valence-electron chi connectivity index (χ4n) is 0.960. The minimum absolute atomic E-state index is 0.289. The Morgan fingerprint density at radius 3 is 2.60 bits per heavy atom. The quantitative estimate of drug-likeness (QED) is 0.435. The van der Waals surface area contributed by atoms with Crippen molar-refractivity contribution < 1.29 is 9.90 Å². The summed E-state index contributed by atoms with van der Waals surface area (Å²) in [6, 6.07) is 11.0. The Labute approximate surface area is 87.5 Å². The molecule has 0 aromatic heterocycles. The standard InChI is InChI=1S/C11H9N2O2/c1-8(14)10(7-12)11(15)13-9-5-3-2-4-6-9/h3-6,14H,1H3,(H,13,15). The van der Waals surface area contributed by atoms with E-state index in [1.165, 1.54) is 6.92 Å². The molecule has 15 heavy (non-hydrogen) atoms. The van der Waals surface area contributed by atoms with Crippen molar-refractivity contribution in [2.75, 3.05) is 5.32 Å². The lowest BCUT2D eigenvalue weighted by atomic mass is 10.2. The van der Waals surface area contributed by atoms with Crippen LogP contribution >= 0.6 is 0 Å². The summed E-state index contributed by atoms with van der Waals surface area (Å²) in [5.41, 5.74) is 0.260. The third-order valence-electron chi connectivity index (χ3n) is 1.68. The molecule has 1 amide bonds. The number of allylic oxidation sites excluding steroid dienone is 1. The zero-order valence-corrected chi connectivity index (χ0v) is 8.11. The lowest BCUT2D eigenvalue weighted by Crippen LogP contribution is -2.14. The van der Waals surface area contributed by atoms with Gasteiger partial charge in [0.25, 0.3) is 5.91 Å². The third kappa shape index (κ3) is 2.85. The predicted octanol–water partition coefficient (Wildman–Crippen LogP) is 1.78. The van der Waals surface area contributed by atoms with Gasteiger partial charge in [0.2, 0.25) is 0 Å². The normalized spacial score (nSPS) is 11.2. The number of anilines is 1. The van der Waals surface area contributed by atoms with Crippen LogP contribution in [0.4, 0.5) is 5.69 Å². The van der Waals surface area contributed by atoms with Crippen molar-refractivity contribution in [1.29, 1.82) is 5.26 Å². The molecule has 2 N–H and O–H groups in total. The first-order valence-electron chi connectivity index (χ1n) is 4.22. The number of nitrogens with one attached hydrogen (secondary N) is 1. The smallest absolute Gasteiger partial charge is 0.269 e. The van der Waals surface area contributed by atoms with E-state index in [-0.39, 0.29) is 11.3 Å². The van der Waals surface area contributed by atoms with Crippen LogP contribution in [0.15, 0.2) is 35.6 Å². The number of hydrogen-bond acceptors (Lipinski definition) is 3. The van der Waals surface area contributed by atoms with Crippen LogP contribution in [0.5, 0.6) is 0 Å². The van der Waals surface area contributed by atoms with Gasteiger partial charge in [0.15, 0.2) is 5.57 Å². The van der Waals surface area contributed by atoms with Gasteiger partial charge in [-0.3, -0.25) is 4.79 Å². The van der Waals surface area contributed by atoms with E-state index >= 15 is 0 Å². The summed E-state index contributed by atoms with van der Waals surface area (Å²) < 4.78 is 0. The summed E-state index contributed by atoms with van der Waals surface area (Å²) in [5.74, 6) is -0.916. The van der Waals surface area contributed by atoms with Crippen molar-refractivity contribution in [3.8, 4) is 6.07 Å². The fraction of sp³-hybridized carbons (Fsp3) is 0.0909. The number of hydrogen-bond donors (Lipinski definition) is 2. The van der Waals surface area contributed by atoms with Gasteiger partial charge < -0.3 is 10.4 Å². The van der Waals surface area contributed by atoms with E-state index in [0.717, 1.165) is 0 Å². The van der Waals surface area contributed by atoms with Gasteiger partial charge in [-0.1, -0.05) is 12.1 Å². The number of aliphatic hydroxyl groups is 1. The largest absolute Gasteiger partial charge is 0.511 e. The maximum absolute atomic E-state index is 11.4. The van der Waals surface area contributed by atoms with Crippen LogP contribution in [0.25, 0.3) is 0 Å². The van der Waals surface area contributed by atoms with Gasteiger partial charge in [0.05, 0.1) is 0 Å². The van der Waals surface area contributed by atoms with E-state index in [1.807, 2.05) is 0 Å². The van der Waals surface area contributed by atoms with E-state index in [4.69, 9.17) is 10.4 Å². The maximum Gasteiger partial charge on any atom is 0.269 e. The second-order valence-corrected chi connectivity index (χ2v) is 2.82. The van der Waals surface area contributed by atoms with Gasteiger partial charge in [-0.05, 0) is 25.1 Å². The molecule has 4 nitrogen and oxygen atoms in total. The van der Waals surface area contributed by atoms with Gasteiger partial charge in [-0.2, -0.15) is 5.26 Å². The molecule has 4 heteroatoms. The van der Waals surface area contributed by atoms with Crippen LogP contribution in [0, 0.1) is 17.4 Å². The van der Waals surface area contributed by atoms with Crippen molar-refractivity contribution in [3.05, 3.63) is 41.7 Å². The van der Waals surface area contributed by atoms with Crippen molar-refractivity contribution in [2.24, 2.45) is 0 Å². The van der Waals surface area contributed by atoms with Crippen LogP contribution in [-0.2, 0) is 4.79 Å². The summed E-state index contributed by atoms with van der Waals surface area (Å²) in [5, 5.41) is 20.1. The fourth-order valence-corrected chi connectivity index (χ4v) is 0.960. The maximum atomic E-state index is 11.4. The van der Waals surface area contributed by atoms with Gasteiger partial charge in [0, 0.05) is 5.69 Å². The number of nitriles is 1. The van der Waals surface area contributed by atoms with Crippen LogP contribution in [0.2, 0.25) is 0 Å². The number of benzene rings is 1. The van der Waals surface area contributed by atoms with E-state index in [1.54, 1.807) is 30.3 Å². The molecule has 75 valence electrons. The van der Waals surface area contributed by atoms with Crippen molar-refractivity contribution >= 4 is 11.6 Å². The highest BCUT2D eigenvalue weighted by Crippen LogP contribution is 2.08. The van der Waals surface area contributed by atoms with Crippen molar-refractivity contribution in [2.45, 2.75) is 6.92 Å². The molecular formula is C11H9N2O2. The minimum Gasteiger partial charge on any atom is -0.511 e. The van der Waals surface area contributed by atoms with E-state index in [2.05, 4.69) is 11.4 Å². The lowest BCUT2D eigenvalue weighted by molar-refractivity contribution is -0.112. The number of rotatable bonds is 2. The van der Waals surface area contributed by atoms with Crippen LogP contribution in [0.3, 0.4) is 0 Å². The number of amides is 1. The van der Waals surface area contributed by atoms with Crippen molar-refractivity contribution in [3.63, 3.8) is 0 Å². The molecule has 1 rings (SSSR count). The number of carbonyl (C=O) groups excluding carboxylic acids is 1. The Morgan fingerprint density at radius 2 is 2.13 bits per heavy atom. The zero-order chi connectivity index (χ0) is 11.3. The average molecular weight is 201 g/mol. The Bertz CT molecular complexity index is 426. The molecule has 0 bridgehead atoms. The topological polar surface area (TPSA) is 73.1 Å². The SMILES string of the molecule is CC(O)=C(C#N)C(=O)Nc1cc[c]cc1. The first kappa shape index (κ1) is 10.8. The highest BCUT2D eigenvalue weighted by atomic mass is 16.3. The number of carbonyl (C=O) groups is 1. The Kier molecular flexibility index (Phi) is 3.47. The Morgan fingerprint density at radius 1 is 1.53 bits per heavy atom. The molecule has 0 heterocycles. The molecule has 0 unspecified atom stereocenters. The van der Waals surface area contributed by atoms with Gasteiger partial charge >= 0.3 is 0 Å². The molecule has 0 fully saturated rings. The summed E-state index contributed by atoms with van der Waals surface area (Å²) >= 11 is 0. The molecule has 0 aliphatic carbocycles. The molecule has 0 aliphatic heterocycles. The average Bonchev–Trinajstić information content (AvgIpc) is 2.19. The van der Waals surface area contributed by atoms with Gasteiger partial charge in [-0.25, -0.2) is 0 Å². The molecule has 0 saturated heterocycles. The molecule has 1 aromatic rings. The number of aliphatic hydroxyl groups excluding tert-OH is 1. The first-order valence-corrected chi connectivity index (χ1v) is 4.22. The zero-order valence-electron chi connectivity index (χ0n) is 8.11. The summed E-state index contributed by atoms with van der Waals surface area (Å²) in [6.07, 6.45) is 0. The predicted molar refractivity (Wildman–Crippen MR) is 54.8 cm³/mol. The third-order valence-corrected chi connectivity index (χ3v) is 1.68. The first-order chi connectivity index (χ1) is 7.15. The second-order valence-electron chi connectivity index (χ2n) is 2.82. The highest BCUT2D eigenvalue weighted by Gasteiger charge is 2.11. The summed E-state index contributed by atoms with van der Waals surface area (Å²) in [4.78, 5) is 11.4. The monoisotopic (exact) mass is 201 g/mol. The van der Waals surface area contributed by atoms with Crippen molar-refractivity contribution in [1.82, 2.24) is 0 Å². The molecule has 0 aliphatic rings. The Hall–Kier alpha value is -2.28. The summed E-state index contributed by atoms with van der Waals surface area (Å²) in [7, 11) is 0.